The highest BCUT2D eigenvalue weighted by molar-refractivity contribution is 9.10. The molecule has 0 aliphatic carbocycles. The highest BCUT2D eigenvalue weighted by Gasteiger charge is 2.20. The van der Waals surface area contributed by atoms with Gasteiger partial charge in [0.2, 0.25) is 0 Å². The van der Waals surface area contributed by atoms with Crippen molar-refractivity contribution in [3.05, 3.63) is 28.2 Å². The molecule has 9 heteroatoms. The van der Waals surface area contributed by atoms with Crippen LogP contribution in [0.25, 0.3) is 0 Å². The van der Waals surface area contributed by atoms with Gasteiger partial charge in [0.1, 0.15) is 17.7 Å². The molecule has 1 aromatic carbocycles. The number of carbonyl (C=O) groups excluding carboxylic acids is 1. The van der Waals surface area contributed by atoms with Crippen molar-refractivity contribution >= 4 is 33.6 Å². The standard InChI is InChI=1S/C11H11BrF2N2O4/c12-5-3-7(14)9(4-6(5)13)16-11(20)15-8(1-2-17)10(18)19/h3-4,8,17H,1-2H2,(H,18,19)(H2,15,16,20)/t8-/m1/s1. The number of carboxylic acids is 1. The smallest absolute Gasteiger partial charge is 0.326 e. The molecule has 0 fully saturated rings. The quantitative estimate of drug-likeness (QED) is 0.606. The van der Waals surface area contributed by atoms with Gasteiger partial charge in [0, 0.05) is 19.1 Å². The summed E-state index contributed by atoms with van der Waals surface area (Å²) in [4.78, 5) is 22.2. The van der Waals surface area contributed by atoms with Crippen LogP contribution in [0.3, 0.4) is 0 Å². The van der Waals surface area contributed by atoms with Crippen LogP contribution in [-0.2, 0) is 4.79 Å². The van der Waals surface area contributed by atoms with Crippen LogP contribution in [0.15, 0.2) is 16.6 Å². The minimum absolute atomic E-state index is 0.107. The molecule has 2 amide bonds. The molecule has 0 saturated carbocycles. The highest BCUT2D eigenvalue weighted by atomic mass is 79.9. The molecule has 1 rings (SSSR count). The molecule has 1 atom stereocenters. The molecule has 0 bridgehead atoms. The number of aliphatic hydroxyl groups is 1. The van der Waals surface area contributed by atoms with Crippen LogP contribution in [0.5, 0.6) is 0 Å². The average molecular weight is 353 g/mol. The molecule has 0 aromatic heterocycles. The van der Waals surface area contributed by atoms with Gasteiger partial charge in [-0.25, -0.2) is 18.4 Å². The Morgan fingerprint density at radius 3 is 2.50 bits per heavy atom. The van der Waals surface area contributed by atoms with E-state index in [1.807, 2.05) is 10.6 Å². The number of hydrogen-bond donors (Lipinski definition) is 4. The Morgan fingerprint density at radius 2 is 1.95 bits per heavy atom. The molecule has 0 unspecified atom stereocenters. The number of anilines is 1. The Morgan fingerprint density at radius 1 is 1.30 bits per heavy atom. The summed E-state index contributed by atoms with van der Waals surface area (Å²) in [6.07, 6.45) is -0.208. The van der Waals surface area contributed by atoms with Crippen LogP contribution in [0, 0.1) is 11.6 Å². The van der Waals surface area contributed by atoms with Crippen molar-refractivity contribution in [1.29, 1.82) is 0 Å². The lowest BCUT2D eigenvalue weighted by Gasteiger charge is -2.14. The number of aliphatic hydroxyl groups excluding tert-OH is 1. The van der Waals surface area contributed by atoms with Crippen LogP contribution in [0.1, 0.15) is 6.42 Å². The lowest BCUT2D eigenvalue weighted by Crippen LogP contribution is -2.43. The SMILES string of the molecule is O=C(Nc1cc(F)c(Br)cc1F)N[C@H](CCO)C(=O)O. The molecular formula is C11H11BrF2N2O4. The summed E-state index contributed by atoms with van der Waals surface area (Å²) >= 11 is 2.78. The maximum Gasteiger partial charge on any atom is 0.326 e. The van der Waals surface area contributed by atoms with E-state index in [1.165, 1.54) is 0 Å². The monoisotopic (exact) mass is 352 g/mol. The van der Waals surface area contributed by atoms with Gasteiger partial charge in [0.05, 0.1) is 10.2 Å². The summed E-state index contributed by atoms with van der Waals surface area (Å²) in [7, 11) is 0. The molecule has 0 radical (unpaired) electrons. The molecule has 0 heterocycles. The van der Waals surface area contributed by atoms with E-state index in [2.05, 4.69) is 15.9 Å². The molecule has 6 nitrogen and oxygen atoms in total. The van der Waals surface area contributed by atoms with Gasteiger partial charge >= 0.3 is 12.0 Å². The number of urea groups is 1. The molecular weight excluding hydrogens is 342 g/mol. The third-order valence-electron chi connectivity index (χ3n) is 2.28. The first-order valence-corrected chi connectivity index (χ1v) is 6.20. The van der Waals surface area contributed by atoms with Crippen molar-refractivity contribution in [1.82, 2.24) is 5.32 Å². The topological polar surface area (TPSA) is 98.7 Å². The Balaban J connectivity index is 2.75. The van der Waals surface area contributed by atoms with E-state index in [0.717, 1.165) is 12.1 Å². The molecule has 0 spiro atoms. The summed E-state index contributed by atoms with van der Waals surface area (Å²) in [5.41, 5.74) is -0.434. The fourth-order valence-electron chi connectivity index (χ4n) is 1.32. The first-order valence-electron chi connectivity index (χ1n) is 5.41. The summed E-state index contributed by atoms with van der Waals surface area (Å²) < 4.78 is 26.5. The van der Waals surface area contributed by atoms with Crippen LogP contribution in [0.2, 0.25) is 0 Å². The van der Waals surface area contributed by atoms with Crippen LogP contribution in [0.4, 0.5) is 19.3 Å². The Hall–Kier alpha value is -1.74. The minimum atomic E-state index is -1.35. The Kier molecular flexibility index (Phi) is 5.83. The fourth-order valence-corrected chi connectivity index (χ4v) is 1.64. The second-order valence-corrected chi connectivity index (χ2v) is 4.60. The van der Waals surface area contributed by atoms with Crippen molar-refractivity contribution in [3.8, 4) is 0 Å². The predicted octanol–water partition coefficient (Wildman–Crippen LogP) is 1.68. The van der Waals surface area contributed by atoms with E-state index in [-0.39, 0.29) is 10.9 Å². The Bertz CT molecular complexity index is 527. The summed E-state index contributed by atoms with van der Waals surface area (Å²) in [6, 6.07) is -0.774. The zero-order valence-corrected chi connectivity index (χ0v) is 11.6. The molecule has 110 valence electrons. The number of carboxylic acid groups (broad SMARTS) is 1. The lowest BCUT2D eigenvalue weighted by atomic mass is 10.2. The first-order chi connectivity index (χ1) is 9.35. The van der Waals surface area contributed by atoms with E-state index in [9.17, 15) is 18.4 Å². The predicted molar refractivity (Wildman–Crippen MR) is 69.3 cm³/mol. The number of benzene rings is 1. The maximum absolute atomic E-state index is 13.4. The third kappa shape index (κ3) is 4.42. The number of carbonyl (C=O) groups is 2. The molecule has 1 aromatic rings. The highest BCUT2D eigenvalue weighted by Crippen LogP contribution is 2.23. The molecule has 0 saturated heterocycles. The number of amides is 2. The summed E-state index contributed by atoms with van der Waals surface area (Å²) in [6.45, 7) is -0.446. The normalized spacial score (nSPS) is 11.8. The van der Waals surface area contributed by atoms with Crippen molar-refractivity contribution in [2.45, 2.75) is 12.5 Å². The fraction of sp³-hybridized carbons (Fsp3) is 0.273. The second-order valence-electron chi connectivity index (χ2n) is 3.75. The van der Waals surface area contributed by atoms with Crippen LogP contribution >= 0.6 is 15.9 Å². The maximum atomic E-state index is 13.4. The van der Waals surface area contributed by atoms with E-state index >= 15 is 0 Å². The zero-order chi connectivity index (χ0) is 15.3. The van der Waals surface area contributed by atoms with Gasteiger partial charge in [0.25, 0.3) is 0 Å². The largest absolute Gasteiger partial charge is 0.480 e. The van der Waals surface area contributed by atoms with Gasteiger partial charge in [-0.15, -0.1) is 0 Å². The number of hydrogen-bond acceptors (Lipinski definition) is 3. The van der Waals surface area contributed by atoms with Gasteiger partial charge in [-0.3, -0.25) is 0 Å². The average Bonchev–Trinajstić information content (AvgIpc) is 2.35. The number of rotatable bonds is 5. The van der Waals surface area contributed by atoms with Gasteiger partial charge in [0.15, 0.2) is 0 Å². The van der Waals surface area contributed by atoms with Crippen molar-refractivity contribution < 1.29 is 28.6 Å². The van der Waals surface area contributed by atoms with Crippen molar-refractivity contribution in [3.63, 3.8) is 0 Å². The molecule has 0 aliphatic rings. The molecule has 20 heavy (non-hydrogen) atoms. The number of halogens is 3. The van der Waals surface area contributed by atoms with Crippen LogP contribution in [-0.4, -0.2) is 34.9 Å². The third-order valence-corrected chi connectivity index (χ3v) is 2.89. The van der Waals surface area contributed by atoms with Gasteiger partial charge in [-0.1, -0.05) is 0 Å². The molecule has 4 N–H and O–H groups in total. The van der Waals surface area contributed by atoms with E-state index < -0.39 is 42.0 Å². The summed E-state index contributed by atoms with van der Waals surface area (Å²) in [5, 5.41) is 21.4. The number of nitrogens with one attached hydrogen (secondary N) is 2. The van der Waals surface area contributed by atoms with Crippen molar-refractivity contribution in [2.24, 2.45) is 0 Å². The van der Waals surface area contributed by atoms with Gasteiger partial charge < -0.3 is 20.8 Å². The van der Waals surface area contributed by atoms with Gasteiger partial charge in [-0.2, -0.15) is 0 Å². The zero-order valence-electron chi connectivity index (χ0n) is 9.99. The minimum Gasteiger partial charge on any atom is -0.480 e. The van der Waals surface area contributed by atoms with E-state index in [1.54, 1.807) is 0 Å². The summed E-state index contributed by atoms with van der Waals surface area (Å²) in [5.74, 6) is -3.02. The van der Waals surface area contributed by atoms with Gasteiger partial charge in [-0.05, 0) is 22.0 Å². The van der Waals surface area contributed by atoms with Crippen molar-refractivity contribution in [2.75, 3.05) is 11.9 Å². The van der Waals surface area contributed by atoms with E-state index in [4.69, 9.17) is 10.2 Å². The Labute approximate surface area is 120 Å². The van der Waals surface area contributed by atoms with E-state index in [0.29, 0.717) is 0 Å². The second kappa shape index (κ2) is 7.15. The first kappa shape index (κ1) is 16.3. The van der Waals surface area contributed by atoms with Crippen LogP contribution < -0.4 is 10.6 Å². The number of aliphatic carboxylic acids is 1. The molecule has 0 aliphatic heterocycles. The lowest BCUT2D eigenvalue weighted by molar-refractivity contribution is -0.139.